The Balaban J connectivity index is 1.62. The Morgan fingerprint density at radius 1 is 1.18 bits per heavy atom. The van der Waals surface area contributed by atoms with E-state index < -0.39 is 12.1 Å². The molecule has 7 nitrogen and oxygen atoms in total. The van der Waals surface area contributed by atoms with E-state index in [9.17, 15) is 9.59 Å². The number of urea groups is 1. The summed E-state index contributed by atoms with van der Waals surface area (Å²) in [6.07, 6.45) is 1.80. The molecule has 1 fully saturated rings. The van der Waals surface area contributed by atoms with Gasteiger partial charge in [0, 0.05) is 32.4 Å². The van der Waals surface area contributed by atoms with Gasteiger partial charge in [0.1, 0.15) is 5.82 Å². The molecular weight excluding hydrogens is 378 g/mol. The van der Waals surface area contributed by atoms with Crippen molar-refractivity contribution < 1.29 is 9.59 Å². The van der Waals surface area contributed by atoms with E-state index >= 15 is 0 Å². The van der Waals surface area contributed by atoms with Gasteiger partial charge in [0.25, 0.3) is 0 Å². The number of rotatable bonds is 5. The summed E-state index contributed by atoms with van der Waals surface area (Å²) >= 11 is 5.89. The smallest absolute Gasteiger partial charge is 0.312 e. The van der Waals surface area contributed by atoms with E-state index in [1.807, 2.05) is 48.2 Å². The van der Waals surface area contributed by atoms with Crippen molar-refractivity contribution in [2.75, 3.05) is 31.1 Å². The van der Waals surface area contributed by atoms with Gasteiger partial charge < -0.3 is 20.9 Å². The SMILES string of the molecule is Cc1ccccc1C(CC(=O)N1CCN(c2ccc(Cl)cn2)CC1)NC(N)=O. The maximum atomic E-state index is 12.8. The summed E-state index contributed by atoms with van der Waals surface area (Å²) in [5, 5.41) is 3.30. The zero-order valence-electron chi connectivity index (χ0n) is 15.8. The molecule has 0 radical (unpaired) electrons. The number of benzene rings is 1. The summed E-state index contributed by atoms with van der Waals surface area (Å²) in [6.45, 7) is 4.53. The highest BCUT2D eigenvalue weighted by atomic mass is 35.5. The third-order valence-electron chi connectivity index (χ3n) is 4.93. The van der Waals surface area contributed by atoms with Crippen LogP contribution in [0, 0.1) is 6.92 Å². The number of halogens is 1. The van der Waals surface area contributed by atoms with Gasteiger partial charge in [-0.3, -0.25) is 4.79 Å². The summed E-state index contributed by atoms with van der Waals surface area (Å²) in [7, 11) is 0. The van der Waals surface area contributed by atoms with Crippen molar-refractivity contribution in [1.82, 2.24) is 15.2 Å². The normalized spacial score (nSPS) is 15.2. The number of carbonyl (C=O) groups excluding carboxylic acids is 2. The first-order chi connectivity index (χ1) is 13.4. The second-order valence-electron chi connectivity index (χ2n) is 6.82. The second kappa shape index (κ2) is 8.93. The first kappa shape index (κ1) is 19.9. The van der Waals surface area contributed by atoms with Crippen LogP contribution in [-0.2, 0) is 4.79 Å². The number of aromatic nitrogens is 1. The van der Waals surface area contributed by atoms with E-state index in [1.54, 1.807) is 6.20 Å². The van der Waals surface area contributed by atoms with Crippen LogP contribution in [0.3, 0.4) is 0 Å². The third-order valence-corrected chi connectivity index (χ3v) is 5.15. The zero-order valence-corrected chi connectivity index (χ0v) is 16.5. The minimum atomic E-state index is -0.639. The van der Waals surface area contributed by atoms with Crippen LogP contribution in [0.4, 0.5) is 10.6 Å². The number of aryl methyl sites for hydroxylation is 1. The van der Waals surface area contributed by atoms with Crippen molar-refractivity contribution in [1.29, 1.82) is 0 Å². The van der Waals surface area contributed by atoms with Crippen molar-refractivity contribution in [2.45, 2.75) is 19.4 Å². The highest BCUT2D eigenvalue weighted by molar-refractivity contribution is 6.30. The summed E-state index contributed by atoms with van der Waals surface area (Å²) in [4.78, 5) is 32.6. The molecular formula is C20H24ClN5O2. The molecule has 2 heterocycles. The number of nitrogens with zero attached hydrogens (tertiary/aromatic N) is 3. The number of carbonyl (C=O) groups is 2. The second-order valence-corrected chi connectivity index (χ2v) is 7.26. The maximum absolute atomic E-state index is 12.8. The van der Waals surface area contributed by atoms with Crippen molar-refractivity contribution in [3.63, 3.8) is 0 Å². The van der Waals surface area contributed by atoms with Gasteiger partial charge in [0.2, 0.25) is 5.91 Å². The Labute approximate surface area is 169 Å². The Morgan fingerprint density at radius 3 is 2.50 bits per heavy atom. The van der Waals surface area contributed by atoms with E-state index in [1.165, 1.54) is 0 Å². The molecule has 1 atom stereocenters. The molecule has 1 saturated heterocycles. The first-order valence-electron chi connectivity index (χ1n) is 9.20. The standard InChI is InChI=1S/C20H24ClN5O2/c1-14-4-2-3-5-16(14)17(24-20(22)28)12-19(27)26-10-8-25(9-11-26)18-7-6-15(21)13-23-18/h2-7,13,17H,8-12H2,1H3,(H3,22,24,28). The van der Waals surface area contributed by atoms with Gasteiger partial charge >= 0.3 is 6.03 Å². The quantitative estimate of drug-likeness (QED) is 0.805. The number of primary amides is 1. The van der Waals surface area contributed by atoms with Crippen LogP contribution >= 0.6 is 11.6 Å². The molecule has 3 rings (SSSR count). The minimum Gasteiger partial charge on any atom is -0.353 e. The van der Waals surface area contributed by atoms with Crippen molar-refractivity contribution in [3.8, 4) is 0 Å². The van der Waals surface area contributed by atoms with Crippen LogP contribution in [0.5, 0.6) is 0 Å². The number of piperazine rings is 1. The van der Waals surface area contributed by atoms with Crippen molar-refractivity contribution >= 4 is 29.4 Å². The molecule has 0 saturated carbocycles. The number of hydrogen-bond acceptors (Lipinski definition) is 4. The number of nitrogens with two attached hydrogens (primary N) is 1. The molecule has 2 aromatic rings. The molecule has 1 aliphatic heterocycles. The Morgan fingerprint density at radius 2 is 1.89 bits per heavy atom. The van der Waals surface area contributed by atoms with E-state index in [2.05, 4.69) is 15.2 Å². The van der Waals surface area contributed by atoms with Gasteiger partial charge in [0.15, 0.2) is 0 Å². The summed E-state index contributed by atoms with van der Waals surface area (Å²) in [5.41, 5.74) is 7.24. The fourth-order valence-corrected chi connectivity index (χ4v) is 3.54. The predicted octanol–water partition coefficient (Wildman–Crippen LogP) is 2.49. The molecule has 3 N–H and O–H groups in total. The van der Waals surface area contributed by atoms with Crippen LogP contribution in [0.1, 0.15) is 23.6 Å². The molecule has 0 spiro atoms. The number of pyridine rings is 1. The van der Waals surface area contributed by atoms with Crippen LogP contribution in [0.15, 0.2) is 42.6 Å². The van der Waals surface area contributed by atoms with Gasteiger partial charge in [-0.15, -0.1) is 0 Å². The van der Waals surface area contributed by atoms with E-state index in [-0.39, 0.29) is 12.3 Å². The lowest BCUT2D eigenvalue weighted by Gasteiger charge is -2.36. The summed E-state index contributed by atoms with van der Waals surface area (Å²) in [6, 6.07) is 10.3. The molecule has 3 amide bonds. The molecule has 28 heavy (non-hydrogen) atoms. The number of nitrogens with one attached hydrogen (secondary N) is 1. The van der Waals surface area contributed by atoms with Crippen molar-refractivity contribution in [2.24, 2.45) is 5.73 Å². The molecule has 1 aromatic carbocycles. The lowest BCUT2D eigenvalue weighted by atomic mass is 9.98. The molecule has 0 bridgehead atoms. The average molecular weight is 402 g/mol. The molecule has 148 valence electrons. The number of amides is 3. The van der Waals surface area contributed by atoms with Gasteiger partial charge in [-0.1, -0.05) is 35.9 Å². The highest BCUT2D eigenvalue weighted by Gasteiger charge is 2.26. The number of anilines is 1. The molecule has 1 aromatic heterocycles. The van der Waals surface area contributed by atoms with E-state index in [0.717, 1.165) is 16.9 Å². The number of hydrogen-bond donors (Lipinski definition) is 2. The van der Waals surface area contributed by atoms with Crippen molar-refractivity contribution in [3.05, 3.63) is 58.7 Å². The van der Waals surface area contributed by atoms with Gasteiger partial charge in [-0.25, -0.2) is 9.78 Å². The van der Waals surface area contributed by atoms with E-state index in [0.29, 0.717) is 31.2 Å². The largest absolute Gasteiger partial charge is 0.353 e. The van der Waals surface area contributed by atoms with Gasteiger partial charge in [-0.2, -0.15) is 0 Å². The van der Waals surface area contributed by atoms with Crippen LogP contribution in [0.25, 0.3) is 0 Å². The monoisotopic (exact) mass is 401 g/mol. The average Bonchev–Trinajstić information content (AvgIpc) is 2.68. The fourth-order valence-electron chi connectivity index (χ4n) is 3.43. The third kappa shape index (κ3) is 4.92. The fraction of sp³-hybridized carbons (Fsp3) is 0.350. The Bertz CT molecular complexity index is 835. The predicted molar refractivity (Wildman–Crippen MR) is 109 cm³/mol. The van der Waals surface area contributed by atoms with Crippen LogP contribution in [0.2, 0.25) is 5.02 Å². The molecule has 1 aliphatic rings. The minimum absolute atomic E-state index is 0.00859. The Hall–Kier alpha value is -2.80. The maximum Gasteiger partial charge on any atom is 0.312 e. The summed E-state index contributed by atoms with van der Waals surface area (Å²) in [5.74, 6) is 0.843. The lowest BCUT2D eigenvalue weighted by Crippen LogP contribution is -2.49. The van der Waals surface area contributed by atoms with Gasteiger partial charge in [0.05, 0.1) is 17.5 Å². The molecule has 1 unspecified atom stereocenters. The molecule has 0 aliphatic carbocycles. The zero-order chi connectivity index (χ0) is 20.1. The lowest BCUT2D eigenvalue weighted by molar-refractivity contribution is -0.132. The van der Waals surface area contributed by atoms with Crippen LogP contribution < -0.4 is 16.0 Å². The van der Waals surface area contributed by atoms with Crippen LogP contribution in [-0.4, -0.2) is 48.0 Å². The summed E-state index contributed by atoms with van der Waals surface area (Å²) < 4.78 is 0. The highest BCUT2D eigenvalue weighted by Crippen LogP contribution is 2.22. The van der Waals surface area contributed by atoms with E-state index in [4.69, 9.17) is 17.3 Å². The molecule has 8 heteroatoms. The topological polar surface area (TPSA) is 91.6 Å². The van der Waals surface area contributed by atoms with Gasteiger partial charge in [-0.05, 0) is 30.2 Å². The Kier molecular flexibility index (Phi) is 6.36. The first-order valence-corrected chi connectivity index (χ1v) is 9.57.